The van der Waals surface area contributed by atoms with Gasteiger partial charge in [0.1, 0.15) is 5.82 Å². The molecule has 2 N–H and O–H groups in total. The molecule has 4 saturated carbocycles. The van der Waals surface area contributed by atoms with Gasteiger partial charge in [-0.25, -0.2) is 9.67 Å². The summed E-state index contributed by atoms with van der Waals surface area (Å²) in [5.74, 6) is 2.96. The molecule has 0 amide bonds. The highest BCUT2D eigenvalue weighted by Crippen LogP contribution is 2.62. The maximum absolute atomic E-state index is 11.0. The summed E-state index contributed by atoms with van der Waals surface area (Å²) in [6.07, 6.45) is 10.9. The van der Waals surface area contributed by atoms with E-state index < -0.39 is 5.60 Å². The molecule has 0 aromatic carbocycles. The Labute approximate surface area is 153 Å². The van der Waals surface area contributed by atoms with Gasteiger partial charge in [-0.05, 0) is 67.9 Å². The molecule has 2 aromatic heterocycles. The van der Waals surface area contributed by atoms with Crippen molar-refractivity contribution in [2.45, 2.75) is 57.1 Å². The molecule has 0 saturated heterocycles. The van der Waals surface area contributed by atoms with Crippen molar-refractivity contribution in [2.75, 3.05) is 6.61 Å². The lowest BCUT2D eigenvalue weighted by molar-refractivity contribution is -0.163. The predicted molar refractivity (Wildman–Crippen MR) is 96.1 cm³/mol. The van der Waals surface area contributed by atoms with Gasteiger partial charge in [-0.3, -0.25) is 4.98 Å². The molecule has 4 atom stereocenters. The molecule has 2 heterocycles. The van der Waals surface area contributed by atoms with Gasteiger partial charge in [0.2, 0.25) is 0 Å². The first-order valence-corrected chi connectivity index (χ1v) is 9.74. The van der Waals surface area contributed by atoms with E-state index in [0.717, 1.165) is 37.1 Å². The molecule has 138 valence electrons. The average molecular weight is 354 g/mol. The van der Waals surface area contributed by atoms with E-state index in [0.29, 0.717) is 24.2 Å². The van der Waals surface area contributed by atoms with E-state index in [1.807, 2.05) is 16.8 Å². The molecule has 2 aromatic rings. The van der Waals surface area contributed by atoms with Crippen LogP contribution >= 0.6 is 0 Å². The summed E-state index contributed by atoms with van der Waals surface area (Å²) in [7, 11) is 0. The number of hydrogen-bond donors (Lipinski definition) is 2. The zero-order chi connectivity index (χ0) is 17.8. The van der Waals surface area contributed by atoms with Gasteiger partial charge in [-0.1, -0.05) is 0 Å². The van der Waals surface area contributed by atoms with E-state index >= 15 is 0 Å². The number of aromatic nitrogens is 4. The van der Waals surface area contributed by atoms with E-state index in [1.54, 1.807) is 12.4 Å². The van der Waals surface area contributed by atoms with E-state index in [4.69, 9.17) is 4.98 Å². The van der Waals surface area contributed by atoms with Gasteiger partial charge in [0, 0.05) is 24.4 Å². The molecule has 2 unspecified atom stereocenters. The Morgan fingerprint density at radius 2 is 1.85 bits per heavy atom. The third-order valence-corrected chi connectivity index (χ3v) is 6.68. The third kappa shape index (κ3) is 2.76. The first kappa shape index (κ1) is 16.4. The summed E-state index contributed by atoms with van der Waals surface area (Å²) in [6, 6.07) is 3.83. The van der Waals surface area contributed by atoms with Crippen LogP contribution in [0.3, 0.4) is 0 Å². The Bertz CT molecular complexity index is 789. The van der Waals surface area contributed by atoms with Crippen molar-refractivity contribution < 1.29 is 10.2 Å². The second-order valence-corrected chi connectivity index (χ2v) is 8.90. The van der Waals surface area contributed by atoms with Gasteiger partial charge in [0.15, 0.2) is 5.82 Å². The molecule has 6 heteroatoms. The first-order valence-electron chi connectivity index (χ1n) is 9.74. The van der Waals surface area contributed by atoms with Crippen molar-refractivity contribution in [1.82, 2.24) is 19.7 Å². The minimum atomic E-state index is -0.458. The Kier molecular flexibility index (Phi) is 3.69. The second kappa shape index (κ2) is 5.86. The number of pyridine rings is 1. The largest absolute Gasteiger partial charge is 0.394 e. The van der Waals surface area contributed by atoms with Gasteiger partial charge in [-0.15, -0.1) is 0 Å². The molecule has 0 spiro atoms. The van der Waals surface area contributed by atoms with Crippen LogP contribution < -0.4 is 0 Å². The first-order chi connectivity index (χ1) is 12.6. The lowest BCUT2D eigenvalue weighted by Gasteiger charge is -2.60. The monoisotopic (exact) mass is 354 g/mol. The van der Waals surface area contributed by atoms with Gasteiger partial charge < -0.3 is 10.2 Å². The van der Waals surface area contributed by atoms with Crippen LogP contribution in [0.1, 0.15) is 44.3 Å². The van der Waals surface area contributed by atoms with Crippen LogP contribution in [0.25, 0.3) is 11.4 Å². The summed E-state index contributed by atoms with van der Waals surface area (Å²) in [5.41, 5.74) is 0.635. The minimum absolute atomic E-state index is 0.0499. The molecular weight excluding hydrogens is 328 g/mol. The number of hydrogen-bond acceptors (Lipinski definition) is 5. The molecule has 26 heavy (non-hydrogen) atoms. The Morgan fingerprint density at radius 1 is 1.12 bits per heavy atom. The van der Waals surface area contributed by atoms with Crippen molar-refractivity contribution in [3.8, 4) is 11.4 Å². The summed E-state index contributed by atoms with van der Waals surface area (Å²) >= 11 is 0. The summed E-state index contributed by atoms with van der Waals surface area (Å²) in [5, 5.41) is 25.1. The fourth-order valence-electron chi connectivity index (χ4n) is 6.35. The minimum Gasteiger partial charge on any atom is -0.394 e. The van der Waals surface area contributed by atoms with Crippen LogP contribution in [0.15, 0.2) is 24.5 Å². The van der Waals surface area contributed by atoms with Crippen LogP contribution in [0, 0.1) is 17.3 Å². The van der Waals surface area contributed by atoms with E-state index in [1.165, 1.54) is 19.3 Å². The van der Waals surface area contributed by atoms with Crippen LogP contribution in [-0.4, -0.2) is 42.2 Å². The fourth-order valence-corrected chi connectivity index (χ4v) is 6.35. The molecule has 0 aliphatic heterocycles. The lowest BCUT2D eigenvalue weighted by Crippen LogP contribution is -2.56. The lowest BCUT2D eigenvalue weighted by atomic mass is 9.47. The van der Waals surface area contributed by atoms with Gasteiger partial charge in [-0.2, -0.15) is 5.10 Å². The van der Waals surface area contributed by atoms with Crippen molar-refractivity contribution in [3.63, 3.8) is 0 Å². The van der Waals surface area contributed by atoms with Crippen molar-refractivity contribution in [1.29, 1.82) is 0 Å². The SMILES string of the molecule is OCCn1nc(-c2ccncc2)nc1CC12C[C@@H]3C[C@@H](CC(O)(C3)C1)C2. The number of nitrogens with zero attached hydrogens (tertiary/aromatic N) is 4. The summed E-state index contributed by atoms with van der Waals surface area (Å²) in [6.45, 7) is 0.509. The highest BCUT2D eigenvalue weighted by Gasteiger charge is 2.57. The van der Waals surface area contributed by atoms with Gasteiger partial charge >= 0.3 is 0 Å². The Balaban J connectivity index is 1.47. The van der Waals surface area contributed by atoms with Gasteiger partial charge in [0.25, 0.3) is 0 Å². The number of aliphatic hydroxyl groups is 2. The standard InChI is InChI=1S/C20H26N4O2/c25-6-5-24-17(22-18(23-24)16-1-3-21-4-2-16)12-19-8-14-7-15(9-19)11-20(26,10-14)13-19/h1-4,14-15,25-26H,5-13H2/t14-,15+,19?,20?. The predicted octanol–water partition coefficient (Wildman–Crippen LogP) is 2.21. The molecule has 4 aliphatic carbocycles. The topological polar surface area (TPSA) is 84.1 Å². The molecule has 6 rings (SSSR count). The molecule has 4 bridgehead atoms. The average Bonchev–Trinajstić information content (AvgIpc) is 2.96. The highest BCUT2D eigenvalue weighted by molar-refractivity contribution is 5.53. The molecule has 4 aliphatic rings. The Morgan fingerprint density at radius 3 is 2.50 bits per heavy atom. The third-order valence-electron chi connectivity index (χ3n) is 6.68. The van der Waals surface area contributed by atoms with Crippen molar-refractivity contribution >= 4 is 0 Å². The van der Waals surface area contributed by atoms with Crippen LogP contribution in [0.2, 0.25) is 0 Å². The molecule has 6 nitrogen and oxygen atoms in total. The van der Waals surface area contributed by atoms with Crippen molar-refractivity contribution in [3.05, 3.63) is 30.4 Å². The second-order valence-electron chi connectivity index (χ2n) is 8.90. The fraction of sp³-hybridized carbons (Fsp3) is 0.650. The molecular formula is C20H26N4O2. The zero-order valence-corrected chi connectivity index (χ0v) is 15.0. The van der Waals surface area contributed by atoms with Crippen LogP contribution in [-0.2, 0) is 13.0 Å². The smallest absolute Gasteiger partial charge is 0.181 e. The summed E-state index contributed by atoms with van der Waals surface area (Å²) in [4.78, 5) is 8.89. The normalized spacial score (nSPS) is 35.2. The molecule has 4 fully saturated rings. The van der Waals surface area contributed by atoms with Crippen LogP contribution in [0.4, 0.5) is 0 Å². The zero-order valence-electron chi connectivity index (χ0n) is 15.0. The quantitative estimate of drug-likeness (QED) is 0.860. The highest BCUT2D eigenvalue weighted by atomic mass is 16.3. The van der Waals surface area contributed by atoms with E-state index in [2.05, 4.69) is 10.1 Å². The van der Waals surface area contributed by atoms with Crippen molar-refractivity contribution in [2.24, 2.45) is 17.3 Å². The summed E-state index contributed by atoms with van der Waals surface area (Å²) < 4.78 is 1.86. The van der Waals surface area contributed by atoms with Gasteiger partial charge in [0.05, 0.1) is 18.8 Å². The van der Waals surface area contributed by atoms with Crippen LogP contribution in [0.5, 0.6) is 0 Å². The number of aliphatic hydroxyl groups excluding tert-OH is 1. The maximum atomic E-state index is 11.0. The van der Waals surface area contributed by atoms with E-state index in [-0.39, 0.29) is 12.0 Å². The van der Waals surface area contributed by atoms with E-state index in [9.17, 15) is 10.2 Å². The Hall–Kier alpha value is -1.79. The number of rotatable bonds is 5. The molecule has 0 radical (unpaired) electrons. The maximum Gasteiger partial charge on any atom is 0.181 e.